The first-order chi connectivity index (χ1) is 18.9. The number of carbonyl (C=O) groups is 2. The highest BCUT2D eigenvalue weighted by molar-refractivity contribution is 5.89. The van der Waals surface area contributed by atoms with Crippen LogP contribution in [-0.2, 0) is 16.2 Å². The van der Waals surface area contributed by atoms with Gasteiger partial charge in [0.15, 0.2) is 18.1 Å². The molecule has 1 atom stereocenters. The minimum atomic E-state index is -0.747. The van der Waals surface area contributed by atoms with Gasteiger partial charge < -0.3 is 19.5 Å². The lowest BCUT2D eigenvalue weighted by atomic mass is 10.0. The lowest BCUT2D eigenvalue weighted by molar-refractivity contribution is -0.130. The van der Waals surface area contributed by atoms with E-state index in [0.29, 0.717) is 36.9 Å². The van der Waals surface area contributed by atoms with E-state index >= 15 is 0 Å². The highest BCUT2D eigenvalue weighted by atomic mass is 16.5. The molecule has 0 bridgehead atoms. The van der Waals surface area contributed by atoms with Crippen molar-refractivity contribution in [3.8, 4) is 17.2 Å². The van der Waals surface area contributed by atoms with Gasteiger partial charge in [-0.25, -0.2) is 5.43 Å². The van der Waals surface area contributed by atoms with Crippen LogP contribution in [0.4, 0.5) is 0 Å². The third-order valence-corrected chi connectivity index (χ3v) is 5.70. The van der Waals surface area contributed by atoms with E-state index in [9.17, 15) is 9.59 Å². The molecule has 0 saturated carbocycles. The highest BCUT2D eigenvalue weighted by Crippen LogP contribution is 2.29. The molecule has 0 heterocycles. The summed E-state index contributed by atoms with van der Waals surface area (Å²) >= 11 is 0. The van der Waals surface area contributed by atoms with Crippen LogP contribution in [0.25, 0.3) is 0 Å². The molecule has 0 aliphatic rings. The van der Waals surface area contributed by atoms with Crippen molar-refractivity contribution in [1.82, 2.24) is 10.7 Å². The van der Waals surface area contributed by atoms with Crippen molar-refractivity contribution in [2.45, 2.75) is 46.8 Å². The summed E-state index contributed by atoms with van der Waals surface area (Å²) in [7, 11) is 0. The number of nitrogens with one attached hydrogen (secondary N) is 2. The fourth-order valence-electron chi connectivity index (χ4n) is 3.78. The summed E-state index contributed by atoms with van der Waals surface area (Å²) in [6.07, 6.45) is 1.98. The molecule has 0 fully saturated rings. The van der Waals surface area contributed by atoms with Crippen molar-refractivity contribution >= 4 is 18.0 Å². The summed E-state index contributed by atoms with van der Waals surface area (Å²) in [5.41, 5.74) is 5.25. The Balaban J connectivity index is 1.58. The number of nitrogens with zero attached hydrogens (tertiary/aromatic N) is 1. The van der Waals surface area contributed by atoms with Gasteiger partial charge in [-0.05, 0) is 67.1 Å². The van der Waals surface area contributed by atoms with E-state index in [4.69, 9.17) is 14.2 Å². The van der Waals surface area contributed by atoms with Crippen LogP contribution < -0.4 is 25.0 Å². The van der Waals surface area contributed by atoms with E-state index < -0.39 is 11.9 Å². The second-order valence-electron chi connectivity index (χ2n) is 9.45. The molecule has 3 aromatic rings. The Morgan fingerprint density at radius 1 is 0.897 bits per heavy atom. The maximum Gasteiger partial charge on any atom is 0.262 e. The number of amides is 2. The number of hydrazone groups is 1. The highest BCUT2D eigenvalue weighted by Gasteiger charge is 2.22. The summed E-state index contributed by atoms with van der Waals surface area (Å²) in [4.78, 5) is 25.4. The average molecular weight is 532 g/mol. The van der Waals surface area contributed by atoms with Crippen LogP contribution in [0.3, 0.4) is 0 Å². The zero-order valence-corrected chi connectivity index (χ0v) is 23.0. The normalized spacial score (nSPS) is 11.7. The molecule has 39 heavy (non-hydrogen) atoms. The topological polar surface area (TPSA) is 98.2 Å². The van der Waals surface area contributed by atoms with Crippen LogP contribution in [0.2, 0.25) is 0 Å². The zero-order valence-electron chi connectivity index (χ0n) is 23.0. The Labute approximate surface area is 230 Å². The lowest BCUT2D eigenvalue weighted by Gasteiger charge is -2.19. The van der Waals surface area contributed by atoms with Gasteiger partial charge in [-0.3, -0.25) is 9.59 Å². The van der Waals surface area contributed by atoms with Crippen molar-refractivity contribution in [3.05, 3.63) is 89.5 Å². The molecular weight excluding hydrogens is 494 g/mol. The third kappa shape index (κ3) is 9.81. The smallest absolute Gasteiger partial charge is 0.262 e. The molecule has 0 radical (unpaired) electrons. The van der Waals surface area contributed by atoms with Crippen molar-refractivity contribution in [1.29, 1.82) is 0 Å². The van der Waals surface area contributed by atoms with E-state index in [-0.39, 0.29) is 18.4 Å². The molecule has 8 nitrogen and oxygen atoms in total. The van der Waals surface area contributed by atoms with Gasteiger partial charge in [-0.1, -0.05) is 62.4 Å². The molecule has 0 saturated heterocycles. The Morgan fingerprint density at radius 3 is 2.36 bits per heavy atom. The van der Waals surface area contributed by atoms with Crippen molar-refractivity contribution < 1.29 is 23.8 Å². The van der Waals surface area contributed by atoms with Gasteiger partial charge in [0.05, 0.1) is 12.8 Å². The predicted octanol–water partition coefficient (Wildman–Crippen LogP) is 5.03. The van der Waals surface area contributed by atoms with Crippen molar-refractivity contribution in [3.63, 3.8) is 0 Å². The second-order valence-corrected chi connectivity index (χ2v) is 9.45. The fraction of sp³-hybridized carbons (Fsp3) is 0.323. The van der Waals surface area contributed by atoms with Crippen LogP contribution in [0.1, 0.15) is 43.9 Å². The fourth-order valence-corrected chi connectivity index (χ4v) is 3.78. The van der Waals surface area contributed by atoms with Crippen molar-refractivity contribution in [2.75, 3.05) is 13.2 Å². The standard InChI is InChI=1S/C31H37N3O5/c1-5-37-29-18-25(15-16-28(29)38-20-24-12-7-6-8-13-24)19-32-34-31(36)26(17-22(2)3)33-30(35)21-39-27-14-10-9-11-23(27)4/h6-16,18-19,22,26H,5,17,20-21H2,1-4H3,(H,33,35)(H,34,36)/b32-19-/t26-/m1/s1. The molecule has 3 aromatic carbocycles. The van der Waals surface area contributed by atoms with Gasteiger partial charge in [0.2, 0.25) is 0 Å². The number of hydrogen-bond acceptors (Lipinski definition) is 6. The van der Waals surface area contributed by atoms with E-state index in [1.54, 1.807) is 12.1 Å². The molecule has 0 aliphatic carbocycles. The number of hydrogen-bond donors (Lipinski definition) is 2. The zero-order chi connectivity index (χ0) is 28.0. The van der Waals surface area contributed by atoms with E-state index in [2.05, 4.69) is 15.8 Å². The predicted molar refractivity (Wildman–Crippen MR) is 152 cm³/mol. The molecule has 206 valence electrons. The summed E-state index contributed by atoms with van der Waals surface area (Å²) in [6, 6.07) is 22.0. The monoisotopic (exact) mass is 531 g/mol. The van der Waals surface area contributed by atoms with E-state index in [0.717, 1.165) is 16.7 Å². The van der Waals surface area contributed by atoms with Gasteiger partial charge in [0, 0.05) is 0 Å². The Hall–Kier alpha value is -4.33. The number of ether oxygens (including phenoxy) is 3. The molecule has 8 heteroatoms. The summed E-state index contributed by atoms with van der Waals surface area (Å²) < 4.78 is 17.3. The first-order valence-electron chi connectivity index (χ1n) is 13.1. The van der Waals surface area contributed by atoms with E-state index in [1.807, 2.05) is 88.4 Å². The number of carbonyl (C=O) groups excluding carboxylic acids is 2. The molecule has 2 N–H and O–H groups in total. The number of benzene rings is 3. The van der Waals surface area contributed by atoms with E-state index in [1.165, 1.54) is 6.21 Å². The quantitative estimate of drug-likeness (QED) is 0.225. The largest absolute Gasteiger partial charge is 0.490 e. The van der Waals surface area contributed by atoms with Gasteiger partial charge in [0.25, 0.3) is 11.8 Å². The maximum atomic E-state index is 12.9. The molecule has 0 spiro atoms. The molecule has 3 rings (SSSR count). The lowest BCUT2D eigenvalue weighted by Crippen LogP contribution is -2.47. The Morgan fingerprint density at radius 2 is 1.64 bits per heavy atom. The van der Waals surface area contributed by atoms with Crippen molar-refractivity contribution in [2.24, 2.45) is 11.0 Å². The molecule has 0 aliphatic heterocycles. The number of aryl methyl sites for hydroxylation is 1. The Bertz CT molecular complexity index is 1240. The van der Waals surface area contributed by atoms with Gasteiger partial charge >= 0.3 is 0 Å². The SMILES string of the molecule is CCOc1cc(/C=N\NC(=O)[C@@H](CC(C)C)NC(=O)COc2ccccc2C)ccc1OCc1ccccc1. The maximum absolute atomic E-state index is 12.9. The summed E-state index contributed by atoms with van der Waals surface area (Å²) in [5, 5.41) is 6.86. The molecule has 2 amide bonds. The molecule has 0 unspecified atom stereocenters. The van der Waals surface area contributed by atoms with Crippen LogP contribution in [0, 0.1) is 12.8 Å². The van der Waals surface area contributed by atoms with Gasteiger partial charge in [-0.2, -0.15) is 5.10 Å². The van der Waals surface area contributed by atoms with Crippen LogP contribution in [-0.4, -0.2) is 37.3 Å². The molecule has 0 aromatic heterocycles. The van der Waals surface area contributed by atoms with Gasteiger partial charge in [0.1, 0.15) is 18.4 Å². The third-order valence-electron chi connectivity index (χ3n) is 5.70. The first kappa shape index (κ1) is 29.2. The molecular formula is C31H37N3O5. The first-order valence-corrected chi connectivity index (χ1v) is 13.1. The Kier molecular flexibility index (Phi) is 11.4. The summed E-state index contributed by atoms with van der Waals surface area (Å²) in [6.45, 7) is 8.48. The second kappa shape index (κ2) is 15.2. The van der Waals surface area contributed by atoms with Crippen LogP contribution in [0.15, 0.2) is 77.9 Å². The minimum Gasteiger partial charge on any atom is -0.490 e. The average Bonchev–Trinajstić information content (AvgIpc) is 2.92. The van der Waals surface area contributed by atoms with Gasteiger partial charge in [-0.15, -0.1) is 0 Å². The number of para-hydroxylation sites is 1. The van der Waals surface area contributed by atoms with Crippen LogP contribution >= 0.6 is 0 Å². The van der Waals surface area contributed by atoms with Crippen LogP contribution in [0.5, 0.6) is 17.2 Å². The number of rotatable bonds is 14. The minimum absolute atomic E-state index is 0.180. The summed E-state index contributed by atoms with van der Waals surface area (Å²) in [5.74, 6) is 1.23.